The van der Waals surface area contributed by atoms with Gasteiger partial charge in [-0.3, -0.25) is 9.69 Å². The number of piperidine rings is 1. The molecule has 0 saturated carbocycles. The van der Waals surface area contributed by atoms with Crippen molar-refractivity contribution in [3.63, 3.8) is 0 Å². The molecule has 1 aromatic carbocycles. The van der Waals surface area contributed by atoms with E-state index in [1.54, 1.807) is 11.3 Å². The second kappa shape index (κ2) is 8.52. The minimum absolute atomic E-state index is 0.00611. The number of nitrogens with one attached hydrogen (secondary N) is 1. The van der Waals surface area contributed by atoms with Crippen LogP contribution in [0.5, 0.6) is 0 Å². The standard InChI is InChI=1S/C19H25N3O3S2/c1-14-7-9-22(10-8-14)17(18-6-3-11-26-18)13-21-27(24,25)16-5-2-4-15(12-16)19(20)23/h2-6,11-12,14,17,21H,7-10,13H2,1H3,(H2,20,23). The van der Waals surface area contributed by atoms with Crippen molar-refractivity contribution in [2.24, 2.45) is 11.7 Å². The lowest BCUT2D eigenvalue weighted by Gasteiger charge is -2.36. The maximum Gasteiger partial charge on any atom is 0.248 e. The first-order valence-corrected chi connectivity index (χ1v) is 11.4. The van der Waals surface area contributed by atoms with Crippen molar-refractivity contribution in [3.8, 4) is 0 Å². The summed E-state index contributed by atoms with van der Waals surface area (Å²) >= 11 is 1.64. The summed E-state index contributed by atoms with van der Waals surface area (Å²) < 4.78 is 28.2. The molecule has 6 nitrogen and oxygen atoms in total. The molecular weight excluding hydrogens is 382 g/mol. The van der Waals surface area contributed by atoms with E-state index in [0.29, 0.717) is 5.92 Å². The molecular formula is C19H25N3O3S2. The number of carbonyl (C=O) groups excluding carboxylic acids is 1. The molecule has 3 rings (SSSR count). The van der Waals surface area contributed by atoms with E-state index in [0.717, 1.165) is 30.8 Å². The van der Waals surface area contributed by atoms with Crippen LogP contribution in [-0.4, -0.2) is 38.9 Å². The molecule has 146 valence electrons. The van der Waals surface area contributed by atoms with Crippen LogP contribution >= 0.6 is 11.3 Å². The van der Waals surface area contributed by atoms with E-state index in [1.165, 1.54) is 24.3 Å². The molecule has 3 N–H and O–H groups in total. The highest BCUT2D eigenvalue weighted by Crippen LogP contribution is 2.29. The fourth-order valence-electron chi connectivity index (χ4n) is 3.32. The van der Waals surface area contributed by atoms with Crippen molar-refractivity contribution < 1.29 is 13.2 Å². The van der Waals surface area contributed by atoms with Crippen molar-refractivity contribution in [3.05, 3.63) is 52.2 Å². The van der Waals surface area contributed by atoms with Crippen LogP contribution in [0.25, 0.3) is 0 Å². The second-order valence-corrected chi connectivity index (χ2v) is 9.74. The summed E-state index contributed by atoms with van der Waals surface area (Å²) in [6, 6.07) is 9.86. The van der Waals surface area contributed by atoms with Crippen molar-refractivity contribution in [1.29, 1.82) is 0 Å². The van der Waals surface area contributed by atoms with Gasteiger partial charge in [0.05, 0.1) is 10.9 Å². The number of benzene rings is 1. The lowest BCUT2D eigenvalue weighted by atomic mass is 9.97. The Bertz CT molecular complexity index is 873. The molecule has 1 aromatic heterocycles. The van der Waals surface area contributed by atoms with E-state index < -0.39 is 15.9 Å². The molecule has 2 heterocycles. The Balaban J connectivity index is 1.76. The average molecular weight is 408 g/mol. The summed E-state index contributed by atoms with van der Waals surface area (Å²) in [6.07, 6.45) is 2.24. The van der Waals surface area contributed by atoms with E-state index in [1.807, 2.05) is 11.4 Å². The normalized spacial score (nSPS) is 17.7. The van der Waals surface area contributed by atoms with E-state index in [2.05, 4.69) is 22.6 Å². The van der Waals surface area contributed by atoms with E-state index >= 15 is 0 Å². The summed E-state index contributed by atoms with van der Waals surface area (Å²) in [5.74, 6) is 0.0596. The predicted octanol–water partition coefficient (Wildman–Crippen LogP) is 2.60. The summed E-state index contributed by atoms with van der Waals surface area (Å²) in [5, 5.41) is 2.01. The van der Waals surface area contributed by atoms with Crippen LogP contribution in [0.2, 0.25) is 0 Å². The van der Waals surface area contributed by atoms with Gasteiger partial charge in [0, 0.05) is 17.0 Å². The van der Waals surface area contributed by atoms with Gasteiger partial charge in [-0.15, -0.1) is 11.3 Å². The molecule has 0 radical (unpaired) electrons. The number of nitrogens with zero attached hydrogens (tertiary/aromatic N) is 1. The van der Waals surface area contributed by atoms with Crippen molar-refractivity contribution in [2.45, 2.75) is 30.7 Å². The number of hydrogen-bond donors (Lipinski definition) is 2. The average Bonchev–Trinajstić information content (AvgIpc) is 3.18. The van der Waals surface area contributed by atoms with Gasteiger partial charge in [-0.1, -0.05) is 19.1 Å². The Morgan fingerprint density at radius 3 is 2.67 bits per heavy atom. The molecule has 2 aromatic rings. The summed E-state index contributed by atoms with van der Waals surface area (Å²) in [4.78, 5) is 14.9. The van der Waals surface area contributed by atoms with Crippen LogP contribution < -0.4 is 10.5 Å². The lowest BCUT2D eigenvalue weighted by Crippen LogP contribution is -2.41. The molecule has 1 amide bonds. The smallest absolute Gasteiger partial charge is 0.248 e. The van der Waals surface area contributed by atoms with Crippen LogP contribution in [0.15, 0.2) is 46.7 Å². The molecule has 0 aliphatic carbocycles. The van der Waals surface area contributed by atoms with Crippen LogP contribution in [0, 0.1) is 5.92 Å². The quantitative estimate of drug-likeness (QED) is 0.738. The van der Waals surface area contributed by atoms with Crippen LogP contribution in [-0.2, 0) is 10.0 Å². The third-order valence-electron chi connectivity index (χ3n) is 5.03. The van der Waals surface area contributed by atoms with Gasteiger partial charge in [0.2, 0.25) is 15.9 Å². The monoisotopic (exact) mass is 407 g/mol. The zero-order valence-corrected chi connectivity index (χ0v) is 16.9. The molecule has 1 unspecified atom stereocenters. The zero-order valence-electron chi connectivity index (χ0n) is 15.3. The van der Waals surface area contributed by atoms with Gasteiger partial charge in [-0.05, 0) is 61.5 Å². The maximum atomic E-state index is 12.7. The minimum Gasteiger partial charge on any atom is -0.366 e. The Kier molecular flexibility index (Phi) is 6.31. The van der Waals surface area contributed by atoms with E-state index in [4.69, 9.17) is 5.73 Å². The Morgan fingerprint density at radius 2 is 2.04 bits per heavy atom. The second-order valence-electron chi connectivity index (χ2n) is 6.99. The van der Waals surface area contributed by atoms with Crippen molar-refractivity contribution in [2.75, 3.05) is 19.6 Å². The van der Waals surface area contributed by atoms with Crippen LogP contribution in [0.4, 0.5) is 0 Å². The topological polar surface area (TPSA) is 92.5 Å². The predicted molar refractivity (Wildman–Crippen MR) is 107 cm³/mol. The third kappa shape index (κ3) is 4.95. The number of likely N-dealkylation sites (tertiary alicyclic amines) is 1. The largest absolute Gasteiger partial charge is 0.366 e. The van der Waals surface area contributed by atoms with Gasteiger partial charge in [0.25, 0.3) is 0 Å². The molecule has 1 aliphatic rings. The van der Waals surface area contributed by atoms with Crippen molar-refractivity contribution in [1.82, 2.24) is 9.62 Å². The first-order chi connectivity index (χ1) is 12.9. The summed E-state index contributed by atoms with van der Waals surface area (Å²) in [7, 11) is -3.73. The van der Waals surface area contributed by atoms with E-state index in [-0.39, 0.29) is 23.0 Å². The molecule has 8 heteroatoms. The molecule has 0 spiro atoms. The number of nitrogens with two attached hydrogens (primary N) is 1. The Labute approximate surface area is 164 Å². The highest BCUT2D eigenvalue weighted by Gasteiger charge is 2.27. The number of hydrogen-bond acceptors (Lipinski definition) is 5. The fraction of sp³-hybridized carbons (Fsp3) is 0.421. The van der Waals surface area contributed by atoms with E-state index in [9.17, 15) is 13.2 Å². The zero-order chi connectivity index (χ0) is 19.4. The molecule has 1 aliphatic heterocycles. The molecule has 1 saturated heterocycles. The van der Waals surface area contributed by atoms with Gasteiger partial charge in [-0.25, -0.2) is 13.1 Å². The first kappa shape index (κ1) is 20.0. The number of primary amides is 1. The van der Waals surface area contributed by atoms with Gasteiger partial charge in [0.15, 0.2) is 0 Å². The summed E-state index contributed by atoms with van der Waals surface area (Å²) in [6.45, 7) is 4.47. The van der Waals surface area contributed by atoms with Gasteiger partial charge in [-0.2, -0.15) is 0 Å². The lowest BCUT2D eigenvalue weighted by molar-refractivity contribution is 0.1000. The third-order valence-corrected chi connectivity index (χ3v) is 7.42. The number of amides is 1. The SMILES string of the molecule is CC1CCN(C(CNS(=O)(=O)c2cccc(C(N)=O)c2)c2cccs2)CC1. The minimum atomic E-state index is -3.73. The Hall–Kier alpha value is -1.74. The number of rotatable bonds is 7. The highest BCUT2D eigenvalue weighted by molar-refractivity contribution is 7.89. The maximum absolute atomic E-state index is 12.7. The molecule has 1 fully saturated rings. The van der Waals surface area contributed by atoms with Gasteiger partial charge >= 0.3 is 0 Å². The number of carbonyl (C=O) groups is 1. The Morgan fingerprint density at radius 1 is 1.30 bits per heavy atom. The van der Waals surface area contributed by atoms with Gasteiger partial charge < -0.3 is 5.73 Å². The number of sulfonamides is 1. The van der Waals surface area contributed by atoms with Crippen LogP contribution in [0.3, 0.4) is 0 Å². The molecule has 0 bridgehead atoms. The van der Waals surface area contributed by atoms with Crippen LogP contribution in [0.1, 0.15) is 41.0 Å². The highest BCUT2D eigenvalue weighted by atomic mass is 32.2. The van der Waals surface area contributed by atoms with Crippen molar-refractivity contribution >= 4 is 27.3 Å². The summed E-state index contributed by atoms with van der Waals surface area (Å²) in [5.41, 5.74) is 5.44. The molecule has 27 heavy (non-hydrogen) atoms. The molecule has 1 atom stereocenters. The fourth-order valence-corrected chi connectivity index (χ4v) is 5.26. The number of thiophene rings is 1. The van der Waals surface area contributed by atoms with Gasteiger partial charge in [0.1, 0.15) is 0 Å². The first-order valence-electron chi connectivity index (χ1n) is 9.04.